The average molecular weight is 204 g/mol. The Bertz CT molecular complexity index is 354. The zero-order valence-corrected chi connectivity index (χ0v) is 9.19. The zero-order valence-electron chi connectivity index (χ0n) is 9.19. The van der Waals surface area contributed by atoms with Crippen molar-refractivity contribution in [3.05, 3.63) is 41.5 Å². The van der Waals surface area contributed by atoms with E-state index in [1.54, 1.807) is 0 Å². The SMILES string of the molecule is CC=CCOc1ccc(CC)cc1C=O. The molecule has 0 aliphatic rings. The van der Waals surface area contributed by atoms with E-state index in [0.717, 1.165) is 18.3 Å². The summed E-state index contributed by atoms with van der Waals surface area (Å²) in [7, 11) is 0. The Morgan fingerprint density at radius 2 is 2.20 bits per heavy atom. The van der Waals surface area contributed by atoms with E-state index in [1.165, 1.54) is 0 Å². The number of aryl methyl sites for hydroxylation is 1. The van der Waals surface area contributed by atoms with E-state index in [4.69, 9.17) is 4.74 Å². The molecular formula is C13H16O2. The van der Waals surface area contributed by atoms with E-state index in [0.29, 0.717) is 17.9 Å². The van der Waals surface area contributed by atoms with Crippen molar-refractivity contribution >= 4 is 6.29 Å². The number of allylic oxidation sites excluding steroid dienone is 1. The van der Waals surface area contributed by atoms with Gasteiger partial charge in [0.15, 0.2) is 6.29 Å². The minimum absolute atomic E-state index is 0.503. The number of carbonyl (C=O) groups excluding carboxylic acids is 1. The maximum atomic E-state index is 10.8. The van der Waals surface area contributed by atoms with Crippen LogP contribution in [0, 0.1) is 0 Å². The quantitative estimate of drug-likeness (QED) is 0.544. The normalized spacial score (nSPS) is 10.5. The summed E-state index contributed by atoms with van der Waals surface area (Å²) in [5, 5.41) is 0. The molecule has 15 heavy (non-hydrogen) atoms. The maximum Gasteiger partial charge on any atom is 0.153 e. The van der Waals surface area contributed by atoms with Gasteiger partial charge in [0.1, 0.15) is 12.4 Å². The fraction of sp³-hybridized carbons (Fsp3) is 0.308. The highest BCUT2D eigenvalue weighted by Gasteiger charge is 2.02. The highest BCUT2D eigenvalue weighted by atomic mass is 16.5. The fourth-order valence-electron chi connectivity index (χ4n) is 1.28. The van der Waals surface area contributed by atoms with Crippen LogP contribution in [0.15, 0.2) is 30.4 Å². The van der Waals surface area contributed by atoms with Gasteiger partial charge in [-0.3, -0.25) is 4.79 Å². The van der Waals surface area contributed by atoms with Gasteiger partial charge < -0.3 is 4.74 Å². The number of carbonyl (C=O) groups is 1. The van der Waals surface area contributed by atoms with Gasteiger partial charge in [-0.05, 0) is 31.0 Å². The Labute approximate surface area is 90.6 Å². The first-order chi connectivity index (χ1) is 7.31. The first kappa shape index (κ1) is 11.5. The minimum atomic E-state index is 0.503. The van der Waals surface area contributed by atoms with Crippen molar-refractivity contribution in [2.24, 2.45) is 0 Å². The molecule has 0 spiro atoms. The lowest BCUT2D eigenvalue weighted by Crippen LogP contribution is -1.98. The van der Waals surface area contributed by atoms with Gasteiger partial charge in [-0.2, -0.15) is 0 Å². The summed E-state index contributed by atoms with van der Waals surface area (Å²) in [5.41, 5.74) is 1.77. The van der Waals surface area contributed by atoms with Gasteiger partial charge >= 0.3 is 0 Å². The van der Waals surface area contributed by atoms with Crippen LogP contribution >= 0.6 is 0 Å². The highest BCUT2D eigenvalue weighted by Crippen LogP contribution is 2.18. The molecule has 0 bridgehead atoms. The van der Waals surface area contributed by atoms with Crippen molar-refractivity contribution in [1.82, 2.24) is 0 Å². The average Bonchev–Trinajstić information content (AvgIpc) is 2.29. The van der Waals surface area contributed by atoms with Crippen molar-refractivity contribution in [3.8, 4) is 5.75 Å². The van der Waals surface area contributed by atoms with Crippen molar-refractivity contribution < 1.29 is 9.53 Å². The van der Waals surface area contributed by atoms with E-state index in [1.807, 2.05) is 37.3 Å². The van der Waals surface area contributed by atoms with Crippen molar-refractivity contribution in [1.29, 1.82) is 0 Å². The lowest BCUT2D eigenvalue weighted by Gasteiger charge is -2.07. The van der Waals surface area contributed by atoms with Crippen LogP contribution in [0.25, 0.3) is 0 Å². The molecule has 0 aliphatic heterocycles. The molecule has 0 fully saturated rings. The number of hydrogen-bond acceptors (Lipinski definition) is 2. The van der Waals surface area contributed by atoms with Gasteiger partial charge in [0, 0.05) is 0 Å². The van der Waals surface area contributed by atoms with E-state index >= 15 is 0 Å². The molecule has 0 saturated heterocycles. The van der Waals surface area contributed by atoms with Crippen LogP contribution in [-0.2, 0) is 6.42 Å². The summed E-state index contributed by atoms with van der Waals surface area (Å²) < 4.78 is 5.45. The van der Waals surface area contributed by atoms with Crippen LogP contribution in [0.2, 0.25) is 0 Å². The Morgan fingerprint density at radius 1 is 1.40 bits per heavy atom. The van der Waals surface area contributed by atoms with Crippen LogP contribution in [0.1, 0.15) is 29.8 Å². The van der Waals surface area contributed by atoms with Crippen LogP contribution in [0.5, 0.6) is 5.75 Å². The summed E-state index contributed by atoms with van der Waals surface area (Å²) in [4.78, 5) is 10.8. The summed E-state index contributed by atoms with van der Waals surface area (Å²) >= 11 is 0. The summed E-state index contributed by atoms with van der Waals surface area (Å²) in [6, 6.07) is 5.71. The summed E-state index contributed by atoms with van der Waals surface area (Å²) in [5.74, 6) is 0.653. The van der Waals surface area contributed by atoms with Crippen molar-refractivity contribution in [2.45, 2.75) is 20.3 Å². The summed E-state index contributed by atoms with van der Waals surface area (Å²) in [6.07, 6.45) is 5.59. The van der Waals surface area contributed by atoms with Gasteiger partial charge in [-0.1, -0.05) is 25.1 Å². The Kier molecular flexibility index (Phi) is 4.61. The Balaban J connectivity index is 2.82. The molecule has 0 aromatic heterocycles. The molecule has 0 unspecified atom stereocenters. The molecule has 80 valence electrons. The smallest absolute Gasteiger partial charge is 0.153 e. The molecule has 0 heterocycles. The first-order valence-corrected chi connectivity index (χ1v) is 5.13. The third-order valence-electron chi connectivity index (χ3n) is 2.18. The van der Waals surface area contributed by atoms with E-state index in [2.05, 4.69) is 6.92 Å². The molecule has 1 aromatic rings. The second-order valence-corrected chi connectivity index (χ2v) is 3.22. The number of ether oxygens (including phenoxy) is 1. The van der Waals surface area contributed by atoms with Gasteiger partial charge in [-0.25, -0.2) is 0 Å². The van der Waals surface area contributed by atoms with Crippen molar-refractivity contribution in [3.63, 3.8) is 0 Å². The van der Waals surface area contributed by atoms with Crippen LogP contribution < -0.4 is 4.74 Å². The lowest BCUT2D eigenvalue weighted by molar-refractivity contribution is 0.112. The Morgan fingerprint density at radius 3 is 2.80 bits per heavy atom. The number of rotatable bonds is 5. The summed E-state index contributed by atoms with van der Waals surface area (Å²) in [6.45, 7) is 4.50. The zero-order chi connectivity index (χ0) is 11.1. The van der Waals surface area contributed by atoms with Crippen molar-refractivity contribution in [2.75, 3.05) is 6.61 Å². The fourth-order valence-corrected chi connectivity index (χ4v) is 1.28. The monoisotopic (exact) mass is 204 g/mol. The van der Waals surface area contributed by atoms with Gasteiger partial charge in [0.2, 0.25) is 0 Å². The molecular weight excluding hydrogens is 188 g/mol. The molecule has 1 rings (SSSR count). The highest BCUT2D eigenvalue weighted by molar-refractivity contribution is 5.79. The second-order valence-electron chi connectivity index (χ2n) is 3.22. The number of hydrogen-bond donors (Lipinski definition) is 0. The third kappa shape index (κ3) is 3.24. The largest absolute Gasteiger partial charge is 0.489 e. The molecule has 2 nitrogen and oxygen atoms in total. The predicted octanol–water partition coefficient (Wildman–Crippen LogP) is 3.02. The molecule has 0 N–H and O–H groups in total. The topological polar surface area (TPSA) is 26.3 Å². The molecule has 0 radical (unpaired) electrons. The standard InChI is InChI=1S/C13H16O2/c1-3-5-8-15-13-7-6-11(4-2)9-12(13)10-14/h3,5-7,9-10H,4,8H2,1-2H3. The van der Waals surface area contributed by atoms with Gasteiger partial charge in [0.05, 0.1) is 5.56 Å². The molecule has 0 saturated carbocycles. The number of aldehydes is 1. The lowest BCUT2D eigenvalue weighted by atomic mass is 10.1. The molecule has 2 heteroatoms. The molecule has 0 atom stereocenters. The maximum absolute atomic E-state index is 10.8. The first-order valence-electron chi connectivity index (χ1n) is 5.13. The predicted molar refractivity (Wildman–Crippen MR) is 61.5 cm³/mol. The van der Waals surface area contributed by atoms with E-state index < -0.39 is 0 Å². The van der Waals surface area contributed by atoms with Gasteiger partial charge in [-0.15, -0.1) is 0 Å². The van der Waals surface area contributed by atoms with E-state index in [9.17, 15) is 4.79 Å². The van der Waals surface area contributed by atoms with Gasteiger partial charge in [0.25, 0.3) is 0 Å². The van der Waals surface area contributed by atoms with E-state index in [-0.39, 0.29) is 0 Å². The Hall–Kier alpha value is -1.57. The molecule has 0 amide bonds. The third-order valence-corrected chi connectivity index (χ3v) is 2.18. The molecule has 0 aliphatic carbocycles. The van der Waals surface area contributed by atoms with Crippen LogP contribution in [-0.4, -0.2) is 12.9 Å². The molecule has 1 aromatic carbocycles. The van der Waals surface area contributed by atoms with Crippen LogP contribution in [0.3, 0.4) is 0 Å². The second kappa shape index (κ2) is 6.02. The van der Waals surface area contributed by atoms with Crippen LogP contribution in [0.4, 0.5) is 0 Å². The number of benzene rings is 1. The minimum Gasteiger partial charge on any atom is -0.489 e.